The molecule has 1 saturated heterocycles. The maximum absolute atomic E-state index is 12.9. The van der Waals surface area contributed by atoms with Gasteiger partial charge in [-0.25, -0.2) is 5.01 Å². The highest BCUT2D eigenvalue weighted by Crippen LogP contribution is 2.38. The van der Waals surface area contributed by atoms with E-state index in [1.165, 1.54) is 10.6 Å². The Morgan fingerprint density at radius 1 is 1.00 bits per heavy atom. The Kier molecular flexibility index (Phi) is 6.79. The fourth-order valence-electron chi connectivity index (χ4n) is 3.40. The van der Waals surface area contributed by atoms with Gasteiger partial charge in [0, 0.05) is 0 Å². The molecule has 1 heterocycles. The average Bonchev–Trinajstić information content (AvgIpc) is 3.09. The number of rotatable bonds is 7. The summed E-state index contributed by atoms with van der Waals surface area (Å²) in [5.41, 5.74) is 6.10. The number of amides is 2. The zero-order valence-corrected chi connectivity index (χ0v) is 19.9. The summed E-state index contributed by atoms with van der Waals surface area (Å²) in [6.45, 7) is 4.74. The predicted molar refractivity (Wildman–Crippen MR) is 131 cm³/mol. The summed E-state index contributed by atoms with van der Waals surface area (Å²) in [4.78, 5) is 25.4. The van der Waals surface area contributed by atoms with Crippen LogP contribution in [0.25, 0.3) is 6.08 Å². The highest BCUT2D eigenvalue weighted by atomic mass is 79.9. The smallest absolute Gasteiger partial charge is 0.282 e. The van der Waals surface area contributed by atoms with Crippen LogP contribution in [0.5, 0.6) is 11.5 Å². The minimum absolute atomic E-state index is 0.0431. The van der Waals surface area contributed by atoms with E-state index in [0.717, 1.165) is 5.56 Å². The van der Waals surface area contributed by atoms with Crippen LogP contribution in [-0.4, -0.2) is 18.4 Å². The fraction of sp³-hybridized carbons (Fsp3) is 0.154. The van der Waals surface area contributed by atoms with Crippen LogP contribution in [0.15, 0.2) is 76.8 Å². The van der Waals surface area contributed by atoms with Crippen LogP contribution < -0.4 is 19.9 Å². The summed E-state index contributed by atoms with van der Waals surface area (Å²) in [6.07, 6.45) is 1.55. The van der Waals surface area contributed by atoms with Crippen molar-refractivity contribution in [3.8, 4) is 11.5 Å². The number of nitrogens with zero attached hydrogens (tertiary/aromatic N) is 1. The molecule has 0 radical (unpaired) electrons. The average molecular weight is 507 g/mol. The van der Waals surface area contributed by atoms with E-state index in [-0.39, 0.29) is 5.57 Å². The monoisotopic (exact) mass is 506 g/mol. The Hall–Kier alpha value is -3.58. The lowest BCUT2D eigenvalue weighted by molar-refractivity contribution is -0.117. The number of carbonyl (C=O) groups is 2. The summed E-state index contributed by atoms with van der Waals surface area (Å²) in [5.74, 6) is 0.210. The summed E-state index contributed by atoms with van der Waals surface area (Å²) in [6, 6.07) is 20.6. The molecule has 0 spiro atoms. The number of aryl methyl sites for hydroxylation is 1. The van der Waals surface area contributed by atoms with E-state index in [9.17, 15) is 9.59 Å². The van der Waals surface area contributed by atoms with Crippen molar-refractivity contribution in [1.29, 1.82) is 0 Å². The molecular formula is C26H23BrN2O4. The number of nitrogens with one attached hydrogen (secondary N) is 1. The van der Waals surface area contributed by atoms with Crippen LogP contribution in [0.4, 0.5) is 5.69 Å². The third kappa shape index (κ3) is 5.09. The lowest BCUT2D eigenvalue weighted by atomic mass is 10.1. The molecule has 1 fully saturated rings. The number of hydrazine groups is 1. The van der Waals surface area contributed by atoms with E-state index in [1.54, 1.807) is 42.5 Å². The first-order valence-corrected chi connectivity index (χ1v) is 11.3. The molecule has 3 aromatic rings. The topological polar surface area (TPSA) is 67.9 Å². The summed E-state index contributed by atoms with van der Waals surface area (Å²) >= 11 is 3.55. The summed E-state index contributed by atoms with van der Waals surface area (Å²) in [7, 11) is 0. The van der Waals surface area contributed by atoms with E-state index in [2.05, 4.69) is 21.4 Å². The molecular weight excluding hydrogens is 484 g/mol. The molecule has 0 atom stereocenters. The molecule has 4 rings (SSSR count). The number of ether oxygens (including phenoxy) is 2. The van der Waals surface area contributed by atoms with Gasteiger partial charge < -0.3 is 9.47 Å². The number of benzene rings is 3. The second-order valence-electron chi connectivity index (χ2n) is 7.51. The van der Waals surface area contributed by atoms with Crippen molar-refractivity contribution in [2.75, 3.05) is 11.6 Å². The van der Waals surface area contributed by atoms with Gasteiger partial charge in [0.25, 0.3) is 11.8 Å². The molecule has 0 bridgehead atoms. The van der Waals surface area contributed by atoms with Gasteiger partial charge in [0.15, 0.2) is 11.5 Å². The normalized spacial score (nSPS) is 14.5. The van der Waals surface area contributed by atoms with E-state index >= 15 is 0 Å². The molecule has 1 N–H and O–H groups in total. The van der Waals surface area contributed by atoms with Crippen molar-refractivity contribution in [3.05, 3.63) is 93.5 Å². The molecule has 3 aromatic carbocycles. The molecule has 2 amide bonds. The summed E-state index contributed by atoms with van der Waals surface area (Å²) < 4.78 is 12.5. The predicted octanol–water partition coefficient (Wildman–Crippen LogP) is 5.20. The zero-order chi connectivity index (χ0) is 23.4. The van der Waals surface area contributed by atoms with E-state index in [0.29, 0.717) is 40.4 Å². The SMILES string of the molecule is CCOc1cc(/C=C2/C(=O)NN(c3ccccc3)C2=O)cc(Br)c1OCc1ccc(C)cc1. The lowest BCUT2D eigenvalue weighted by Gasteiger charge is -2.15. The zero-order valence-electron chi connectivity index (χ0n) is 18.3. The third-order valence-electron chi connectivity index (χ3n) is 5.05. The van der Waals surface area contributed by atoms with Crippen LogP contribution in [0, 0.1) is 6.92 Å². The van der Waals surface area contributed by atoms with Gasteiger partial charge in [0.05, 0.1) is 16.8 Å². The van der Waals surface area contributed by atoms with Gasteiger partial charge >= 0.3 is 0 Å². The van der Waals surface area contributed by atoms with Crippen molar-refractivity contribution in [2.24, 2.45) is 0 Å². The van der Waals surface area contributed by atoms with Crippen molar-refractivity contribution < 1.29 is 19.1 Å². The summed E-state index contributed by atoms with van der Waals surface area (Å²) in [5, 5.41) is 1.24. The van der Waals surface area contributed by atoms with Crippen LogP contribution in [0.1, 0.15) is 23.6 Å². The number of halogens is 1. The van der Waals surface area contributed by atoms with Gasteiger partial charge in [-0.05, 0) is 71.2 Å². The molecule has 0 unspecified atom stereocenters. The first-order valence-electron chi connectivity index (χ1n) is 10.5. The number of anilines is 1. The van der Waals surface area contributed by atoms with Gasteiger partial charge in [0.1, 0.15) is 12.2 Å². The van der Waals surface area contributed by atoms with Crippen molar-refractivity contribution in [2.45, 2.75) is 20.5 Å². The Bertz CT molecular complexity index is 1210. The fourth-order valence-corrected chi connectivity index (χ4v) is 3.97. The first kappa shape index (κ1) is 22.6. The van der Waals surface area contributed by atoms with Crippen LogP contribution >= 0.6 is 15.9 Å². The Balaban J connectivity index is 1.60. The third-order valence-corrected chi connectivity index (χ3v) is 5.64. The quantitative estimate of drug-likeness (QED) is 0.353. The second-order valence-corrected chi connectivity index (χ2v) is 8.37. The maximum atomic E-state index is 12.9. The largest absolute Gasteiger partial charge is 0.490 e. The lowest BCUT2D eigenvalue weighted by Crippen LogP contribution is -2.35. The molecule has 6 nitrogen and oxygen atoms in total. The molecule has 1 aliphatic rings. The highest BCUT2D eigenvalue weighted by Gasteiger charge is 2.34. The van der Waals surface area contributed by atoms with Gasteiger partial charge in [-0.3, -0.25) is 15.0 Å². The van der Waals surface area contributed by atoms with Gasteiger partial charge in [0.2, 0.25) is 0 Å². The van der Waals surface area contributed by atoms with Crippen LogP contribution in [0.3, 0.4) is 0 Å². The second kappa shape index (κ2) is 9.92. The first-order chi connectivity index (χ1) is 16.0. The van der Waals surface area contributed by atoms with E-state index in [4.69, 9.17) is 9.47 Å². The van der Waals surface area contributed by atoms with Gasteiger partial charge in [-0.2, -0.15) is 0 Å². The number of carbonyl (C=O) groups excluding carboxylic acids is 2. The van der Waals surface area contributed by atoms with Gasteiger partial charge in [-0.1, -0.05) is 48.0 Å². The van der Waals surface area contributed by atoms with Crippen molar-refractivity contribution in [1.82, 2.24) is 5.43 Å². The molecule has 0 aliphatic carbocycles. The van der Waals surface area contributed by atoms with Gasteiger partial charge in [-0.15, -0.1) is 0 Å². The van der Waals surface area contributed by atoms with Crippen molar-refractivity contribution in [3.63, 3.8) is 0 Å². The van der Waals surface area contributed by atoms with Crippen molar-refractivity contribution >= 4 is 39.5 Å². The Morgan fingerprint density at radius 3 is 2.42 bits per heavy atom. The molecule has 168 valence electrons. The Labute approximate surface area is 200 Å². The maximum Gasteiger partial charge on any atom is 0.282 e. The molecule has 33 heavy (non-hydrogen) atoms. The minimum Gasteiger partial charge on any atom is -0.490 e. The van der Waals surface area contributed by atoms with Crippen LogP contribution in [0.2, 0.25) is 0 Å². The number of para-hydroxylation sites is 1. The Morgan fingerprint density at radius 2 is 1.73 bits per heavy atom. The number of hydrogen-bond acceptors (Lipinski definition) is 4. The van der Waals surface area contributed by atoms with E-state index < -0.39 is 11.8 Å². The molecule has 1 aliphatic heterocycles. The molecule has 0 saturated carbocycles. The van der Waals surface area contributed by atoms with Crippen LogP contribution in [-0.2, 0) is 16.2 Å². The molecule has 7 heteroatoms. The molecule has 0 aromatic heterocycles. The number of hydrogen-bond donors (Lipinski definition) is 1. The van der Waals surface area contributed by atoms with E-state index in [1.807, 2.05) is 44.2 Å². The highest BCUT2D eigenvalue weighted by molar-refractivity contribution is 9.10. The standard InChI is InChI=1S/C26H23BrN2O4/c1-3-32-23-15-19(14-22(27)24(23)33-16-18-11-9-17(2)10-12-18)13-21-25(30)28-29(26(21)31)20-7-5-4-6-8-20/h4-15H,3,16H2,1-2H3,(H,28,30)/b21-13-. The minimum atomic E-state index is -0.461.